The Kier molecular flexibility index (Phi) is 9.99. The number of hydrogen-bond acceptors (Lipinski definition) is 3. The van der Waals surface area contributed by atoms with Crippen molar-refractivity contribution in [2.24, 2.45) is 10.9 Å². The van der Waals surface area contributed by atoms with E-state index in [1.807, 2.05) is 30.3 Å². The number of carbonyl (C=O) groups is 1. The molecule has 7 heteroatoms. The molecule has 2 fully saturated rings. The third-order valence-electron chi connectivity index (χ3n) is 6.66. The van der Waals surface area contributed by atoms with Gasteiger partial charge < -0.3 is 15.5 Å². The molecule has 2 heterocycles. The number of amides is 1. The minimum Gasteiger partial charge on any atom is -0.350 e. The number of guanidine groups is 1. The van der Waals surface area contributed by atoms with E-state index in [1.54, 1.807) is 7.05 Å². The van der Waals surface area contributed by atoms with Gasteiger partial charge in [0, 0.05) is 39.3 Å². The summed E-state index contributed by atoms with van der Waals surface area (Å²) < 4.78 is 0. The number of piperidine rings is 2. The first-order valence-corrected chi connectivity index (χ1v) is 11.8. The van der Waals surface area contributed by atoms with Crippen LogP contribution in [0.4, 0.5) is 0 Å². The SMILES string of the molecule is CN=C(NCC(=O)NCc1ccccc1)N1CCC2C(CCCN2Cc2ccccc2)C1.I. The average molecular weight is 562 g/mol. The molecule has 2 aromatic rings. The molecule has 0 aliphatic carbocycles. The Morgan fingerprint density at radius 3 is 2.36 bits per heavy atom. The summed E-state index contributed by atoms with van der Waals surface area (Å²) in [5, 5.41) is 6.25. The van der Waals surface area contributed by atoms with Gasteiger partial charge in [0.1, 0.15) is 0 Å². The van der Waals surface area contributed by atoms with Crippen LogP contribution in [-0.2, 0) is 17.9 Å². The number of hydrogen-bond donors (Lipinski definition) is 2. The van der Waals surface area contributed by atoms with Crippen LogP contribution < -0.4 is 10.6 Å². The van der Waals surface area contributed by atoms with Crippen molar-refractivity contribution in [1.82, 2.24) is 20.4 Å². The van der Waals surface area contributed by atoms with Gasteiger partial charge in [-0.1, -0.05) is 60.7 Å². The summed E-state index contributed by atoms with van der Waals surface area (Å²) in [5.41, 5.74) is 2.50. The Labute approximate surface area is 214 Å². The summed E-state index contributed by atoms with van der Waals surface area (Å²) in [6.07, 6.45) is 3.65. The fourth-order valence-electron chi connectivity index (χ4n) is 5.06. The summed E-state index contributed by atoms with van der Waals surface area (Å²) in [7, 11) is 1.80. The summed E-state index contributed by atoms with van der Waals surface area (Å²) in [4.78, 5) is 21.8. The lowest BCUT2D eigenvalue weighted by atomic mass is 9.83. The summed E-state index contributed by atoms with van der Waals surface area (Å²) in [6, 6.07) is 21.4. The van der Waals surface area contributed by atoms with E-state index < -0.39 is 0 Å². The molecule has 1 amide bonds. The maximum atomic E-state index is 12.3. The number of nitrogens with one attached hydrogen (secondary N) is 2. The molecule has 2 atom stereocenters. The standard InChI is InChI=1S/C26H35N5O.HI/c1-27-26(29-18-25(32)28-17-21-9-4-2-5-10-21)31-16-14-24-23(20-31)13-8-15-30(24)19-22-11-6-3-7-12-22;/h2-7,9-12,23-24H,8,13-20H2,1H3,(H,27,29)(H,28,32);1H. The Morgan fingerprint density at radius 2 is 1.67 bits per heavy atom. The van der Waals surface area contributed by atoms with E-state index >= 15 is 0 Å². The van der Waals surface area contributed by atoms with Gasteiger partial charge in [-0.25, -0.2) is 0 Å². The van der Waals surface area contributed by atoms with E-state index in [0.29, 0.717) is 18.5 Å². The first kappa shape index (κ1) is 25.5. The lowest BCUT2D eigenvalue weighted by Gasteiger charge is -2.48. The second-order valence-corrected chi connectivity index (χ2v) is 8.82. The van der Waals surface area contributed by atoms with Gasteiger partial charge in [-0.05, 0) is 42.9 Å². The van der Waals surface area contributed by atoms with Crippen LogP contribution in [0.3, 0.4) is 0 Å². The van der Waals surface area contributed by atoms with Crippen LogP contribution in [0.25, 0.3) is 0 Å². The first-order chi connectivity index (χ1) is 15.7. The lowest BCUT2D eigenvalue weighted by Crippen LogP contribution is -2.57. The zero-order valence-corrected chi connectivity index (χ0v) is 21.8. The van der Waals surface area contributed by atoms with E-state index in [1.165, 1.54) is 24.9 Å². The molecule has 2 aliphatic heterocycles. The summed E-state index contributed by atoms with van der Waals surface area (Å²) in [5.74, 6) is 1.46. The number of halogens is 1. The van der Waals surface area contributed by atoms with Gasteiger partial charge in [0.2, 0.25) is 5.91 Å². The minimum absolute atomic E-state index is 0. The van der Waals surface area contributed by atoms with Crippen LogP contribution in [0.5, 0.6) is 0 Å². The summed E-state index contributed by atoms with van der Waals surface area (Å²) >= 11 is 0. The number of aliphatic imine (C=N–C) groups is 1. The molecule has 2 aliphatic rings. The highest BCUT2D eigenvalue weighted by Crippen LogP contribution is 2.31. The molecular formula is C26H36IN5O. The van der Waals surface area contributed by atoms with Crippen LogP contribution in [0.15, 0.2) is 65.7 Å². The Bertz CT molecular complexity index is 892. The molecule has 2 unspecified atom stereocenters. The number of benzene rings is 2. The second-order valence-electron chi connectivity index (χ2n) is 8.82. The zero-order chi connectivity index (χ0) is 22.2. The van der Waals surface area contributed by atoms with E-state index in [2.05, 4.69) is 55.8 Å². The number of fused-ring (bicyclic) bond motifs is 1. The van der Waals surface area contributed by atoms with Crippen molar-refractivity contribution in [1.29, 1.82) is 0 Å². The van der Waals surface area contributed by atoms with E-state index in [0.717, 1.165) is 37.6 Å². The predicted molar refractivity (Wildman–Crippen MR) is 145 cm³/mol. The van der Waals surface area contributed by atoms with Crippen LogP contribution >= 0.6 is 24.0 Å². The van der Waals surface area contributed by atoms with E-state index in [-0.39, 0.29) is 36.4 Å². The molecule has 6 nitrogen and oxygen atoms in total. The fourth-order valence-corrected chi connectivity index (χ4v) is 5.06. The van der Waals surface area contributed by atoms with Crippen LogP contribution in [0.1, 0.15) is 30.4 Å². The van der Waals surface area contributed by atoms with Crippen molar-refractivity contribution in [3.63, 3.8) is 0 Å². The van der Waals surface area contributed by atoms with Crippen molar-refractivity contribution in [2.45, 2.75) is 38.4 Å². The van der Waals surface area contributed by atoms with Gasteiger partial charge in [-0.3, -0.25) is 14.7 Å². The molecule has 2 N–H and O–H groups in total. The molecule has 0 saturated carbocycles. The molecule has 178 valence electrons. The molecule has 33 heavy (non-hydrogen) atoms. The predicted octanol–water partition coefficient (Wildman–Crippen LogP) is 3.48. The first-order valence-electron chi connectivity index (χ1n) is 11.8. The molecular weight excluding hydrogens is 525 g/mol. The maximum absolute atomic E-state index is 12.3. The quantitative estimate of drug-likeness (QED) is 0.322. The Morgan fingerprint density at radius 1 is 0.970 bits per heavy atom. The Hall–Kier alpha value is -2.13. The maximum Gasteiger partial charge on any atom is 0.239 e. The summed E-state index contributed by atoms with van der Waals surface area (Å²) in [6.45, 7) is 4.98. The van der Waals surface area contributed by atoms with Crippen LogP contribution in [0.2, 0.25) is 0 Å². The van der Waals surface area contributed by atoms with Gasteiger partial charge in [-0.15, -0.1) is 24.0 Å². The number of carbonyl (C=O) groups excluding carboxylic acids is 1. The lowest BCUT2D eigenvalue weighted by molar-refractivity contribution is -0.120. The van der Waals surface area contributed by atoms with Crippen LogP contribution in [0, 0.1) is 5.92 Å². The molecule has 4 rings (SSSR count). The van der Waals surface area contributed by atoms with Crippen molar-refractivity contribution >= 4 is 35.8 Å². The molecule has 2 saturated heterocycles. The molecule has 0 spiro atoms. The minimum atomic E-state index is -0.0170. The van der Waals surface area contributed by atoms with Crippen molar-refractivity contribution < 1.29 is 4.79 Å². The molecule has 0 bridgehead atoms. The van der Waals surface area contributed by atoms with Gasteiger partial charge in [0.25, 0.3) is 0 Å². The highest BCUT2D eigenvalue weighted by Gasteiger charge is 2.36. The zero-order valence-electron chi connectivity index (χ0n) is 19.5. The molecule has 0 aromatic heterocycles. The topological polar surface area (TPSA) is 60.0 Å². The molecule has 2 aromatic carbocycles. The highest BCUT2D eigenvalue weighted by molar-refractivity contribution is 14.0. The van der Waals surface area contributed by atoms with Gasteiger partial charge >= 0.3 is 0 Å². The van der Waals surface area contributed by atoms with Crippen LogP contribution in [-0.4, -0.2) is 60.9 Å². The third-order valence-corrected chi connectivity index (χ3v) is 6.66. The van der Waals surface area contributed by atoms with Gasteiger partial charge in [0.15, 0.2) is 5.96 Å². The monoisotopic (exact) mass is 561 g/mol. The number of nitrogens with zero attached hydrogens (tertiary/aromatic N) is 3. The highest BCUT2D eigenvalue weighted by atomic mass is 127. The van der Waals surface area contributed by atoms with Crippen molar-refractivity contribution in [3.05, 3.63) is 71.8 Å². The van der Waals surface area contributed by atoms with E-state index in [9.17, 15) is 4.79 Å². The molecule has 0 radical (unpaired) electrons. The third kappa shape index (κ3) is 7.17. The largest absolute Gasteiger partial charge is 0.350 e. The second kappa shape index (κ2) is 12.9. The van der Waals surface area contributed by atoms with Crippen molar-refractivity contribution in [2.75, 3.05) is 33.2 Å². The fraction of sp³-hybridized carbons (Fsp3) is 0.462. The van der Waals surface area contributed by atoms with Gasteiger partial charge in [-0.2, -0.15) is 0 Å². The van der Waals surface area contributed by atoms with Crippen molar-refractivity contribution in [3.8, 4) is 0 Å². The Balaban J connectivity index is 0.00000306. The number of likely N-dealkylation sites (tertiary alicyclic amines) is 2. The normalized spacial score (nSPS) is 21.0. The van der Waals surface area contributed by atoms with E-state index in [4.69, 9.17) is 0 Å². The average Bonchev–Trinajstić information content (AvgIpc) is 2.84. The number of rotatable bonds is 6. The smallest absolute Gasteiger partial charge is 0.239 e. The van der Waals surface area contributed by atoms with Gasteiger partial charge in [0.05, 0.1) is 6.54 Å².